The van der Waals surface area contributed by atoms with Crippen LogP contribution in [0.4, 0.5) is 16.2 Å². The van der Waals surface area contributed by atoms with Gasteiger partial charge in [-0.3, -0.25) is 9.58 Å². The van der Waals surface area contributed by atoms with Crippen LogP contribution in [0.5, 0.6) is 0 Å². The first-order chi connectivity index (χ1) is 16.2. The predicted molar refractivity (Wildman–Crippen MR) is 130 cm³/mol. The minimum Gasteiger partial charge on any atom is -0.309 e. The fraction of sp³-hybridized carbons (Fsp3) is 0.400. The number of anilines is 2. The first-order valence-electron chi connectivity index (χ1n) is 11.6. The quantitative estimate of drug-likeness (QED) is 0.484. The van der Waals surface area contributed by atoms with Crippen LogP contribution in [0.15, 0.2) is 30.6 Å². The molecule has 5 rings (SSSR count). The maximum absolute atomic E-state index is 14.8. The molecule has 1 aliphatic rings. The van der Waals surface area contributed by atoms with Crippen molar-refractivity contribution >= 4 is 22.8 Å². The standard InChI is InChI=1S/C25H29FN8/c1-6-34-10-9-19-15(14-34)7-8-20(29-19)30-24-28-13-18(26)21(31-24)16-11-17-22(25(2,3)4)33(5)32-23(17)27-12-16/h7-8,11-13H,6,9-10,14H2,1-5H3,(H,28,29,30,31). The van der Waals surface area contributed by atoms with Crippen molar-refractivity contribution in [3.63, 3.8) is 0 Å². The third kappa shape index (κ3) is 4.11. The fourth-order valence-corrected chi connectivity index (χ4v) is 4.66. The summed E-state index contributed by atoms with van der Waals surface area (Å²) in [6, 6.07) is 5.91. The van der Waals surface area contributed by atoms with Gasteiger partial charge in [-0.05, 0) is 24.2 Å². The number of nitrogens with zero attached hydrogens (tertiary/aromatic N) is 7. The Morgan fingerprint density at radius 1 is 1.12 bits per heavy atom. The van der Waals surface area contributed by atoms with Crippen LogP contribution >= 0.6 is 0 Å². The van der Waals surface area contributed by atoms with E-state index in [0.717, 1.165) is 42.8 Å². The van der Waals surface area contributed by atoms with Gasteiger partial charge >= 0.3 is 0 Å². The Balaban J connectivity index is 1.48. The van der Waals surface area contributed by atoms with Crippen LogP contribution in [0.1, 0.15) is 44.6 Å². The summed E-state index contributed by atoms with van der Waals surface area (Å²) >= 11 is 0. The van der Waals surface area contributed by atoms with E-state index in [2.05, 4.69) is 64.0 Å². The molecule has 0 saturated carbocycles. The minimum absolute atomic E-state index is 0.146. The van der Waals surface area contributed by atoms with Gasteiger partial charge in [0, 0.05) is 54.8 Å². The molecule has 0 unspecified atom stereocenters. The van der Waals surface area contributed by atoms with Crippen LogP contribution in [0.3, 0.4) is 0 Å². The van der Waals surface area contributed by atoms with Gasteiger partial charge < -0.3 is 5.32 Å². The molecule has 0 aromatic carbocycles. The van der Waals surface area contributed by atoms with Crippen molar-refractivity contribution < 1.29 is 4.39 Å². The normalized spacial score (nSPS) is 14.4. The van der Waals surface area contributed by atoms with E-state index in [1.807, 2.05) is 23.9 Å². The number of hydrogen-bond donors (Lipinski definition) is 1. The van der Waals surface area contributed by atoms with Crippen LogP contribution in [-0.4, -0.2) is 47.7 Å². The van der Waals surface area contributed by atoms with Crippen molar-refractivity contribution in [2.75, 3.05) is 18.4 Å². The Labute approximate surface area is 198 Å². The second-order valence-electron chi connectivity index (χ2n) is 9.75. The molecule has 1 N–H and O–H groups in total. The van der Waals surface area contributed by atoms with Crippen LogP contribution < -0.4 is 5.32 Å². The van der Waals surface area contributed by atoms with Gasteiger partial charge in [0.05, 0.1) is 11.9 Å². The molecule has 8 nitrogen and oxygen atoms in total. The van der Waals surface area contributed by atoms with Gasteiger partial charge in [0.25, 0.3) is 0 Å². The van der Waals surface area contributed by atoms with E-state index in [-0.39, 0.29) is 17.1 Å². The van der Waals surface area contributed by atoms with E-state index >= 15 is 0 Å². The second kappa shape index (κ2) is 8.39. The summed E-state index contributed by atoms with van der Waals surface area (Å²) in [6.07, 6.45) is 3.69. The number of fused-ring (bicyclic) bond motifs is 2. The maximum atomic E-state index is 14.8. The van der Waals surface area contributed by atoms with Crippen molar-refractivity contribution in [1.82, 2.24) is 34.6 Å². The molecule has 5 heterocycles. The van der Waals surface area contributed by atoms with Crippen LogP contribution in [0.2, 0.25) is 0 Å². The van der Waals surface area contributed by atoms with Crippen molar-refractivity contribution in [2.24, 2.45) is 7.05 Å². The number of aromatic nitrogens is 6. The van der Waals surface area contributed by atoms with Gasteiger partial charge in [0.2, 0.25) is 5.95 Å². The molecule has 0 atom stereocenters. The van der Waals surface area contributed by atoms with Gasteiger partial charge in [0.1, 0.15) is 11.5 Å². The molecule has 1 aliphatic heterocycles. The van der Waals surface area contributed by atoms with E-state index in [1.165, 1.54) is 11.8 Å². The summed E-state index contributed by atoms with van der Waals surface area (Å²) in [5.74, 6) is 0.431. The van der Waals surface area contributed by atoms with Gasteiger partial charge in [-0.15, -0.1) is 0 Å². The number of hydrogen-bond acceptors (Lipinski definition) is 7. The zero-order chi connectivity index (χ0) is 24.0. The number of likely N-dealkylation sites (N-methyl/N-ethyl adjacent to an activating group) is 1. The summed E-state index contributed by atoms with van der Waals surface area (Å²) < 4.78 is 16.6. The number of rotatable bonds is 4. The lowest BCUT2D eigenvalue weighted by molar-refractivity contribution is 0.266. The molecule has 0 saturated heterocycles. The third-order valence-electron chi connectivity index (χ3n) is 6.23. The maximum Gasteiger partial charge on any atom is 0.229 e. The highest BCUT2D eigenvalue weighted by Crippen LogP contribution is 2.32. The Hall–Kier alpha value is -3.46. The number of pyridine rings is 2. The Morgan fingerprint density at radius 3 is 2.71 bits per heavy atom. The first kappa shape index (κ1) is 22.3. The lowest BCUT2D eigenvalue weighted by Gasteiger charge is -2.27. The van der Waals surface area contributed by atoms with Crippen molar-refractivity contribution in [1.29, 1.82) is 0 Å². The molecule has 0 amide bonds. The van der Waals surface area contributed by atoms with E-state index in [0.29, 0.717) is 17.0 Å². The lowest BCUT2D eigenvalue weighted by Crippen LogP contribution is -2.30. The second-order valence-corrected chi connectivity index (χ2v) is 9.75. The Kier molecular flexibility index (Phi) is 5.51. The molecular weight excluding hydrogens is 431 g/mol. The molecule has 0 aliphatic carbocycles. The van der Waals surface area contributed by atoms with Crippen LogP contribution in [-0.2, 0) is 25.4 Å². The number of halogens is 1. The summed E-state index contributed by atoms with van der Waals surface area (Å²) in [5.41, 5.74) is 4.60. The average Bonchev–Trinajstić information content (AvgIpc) is 3.15. The molecule has 34 heavy (non-hydrogen) atoms. The monoisotopic (exact) mass is 460 g/mol. The smallest absolute Gasteiger partial charge is 0.229 e. The van der Waals surface area contributed by atoms with E-state index in [4.69, 9.17) is 4.98 Å². The molecule has 0 bridgehead atoms. The molecular formula is C25H29FN8. The van der Waals surface area contributed by atoms with Crippen LogP contribution in [0, 0.1) is 5.82 Å². The summed E-state index contributed by atoms with van der Waals surface area (Å²) in [5, 5.41) is 8.54. The summed E-state index contributed by atoms with van der Waals surface area (Å²) in [4.78, 5) is 20.2. The minimum atomic E-state index is -0.508. The fourth-order valence-electron chi connectivity index (χ4n) is 4.66. The van der Waals surface area contributed by atoms with Crippen molar-refractivity contribution in [2.45, 2.75) is 46.1 Å². The lowest BCUT2D eigenvalue weighted by atomic mass is 9.89. The van der Waals surface area contributed by atoms with Crippen molar-refractivity contribution in [3.05, 3.63) is 53.4 Å². The molecule has 4 aromatic rings. The highest BCUT2D eigenvalue weighted by atomic mass is 19.1. The largest absolute Gasteiger partial charge is 0.309 e. The first-order valence-corrected chi connectivity index (χ1v) is 11.6. The highest BCUT2D eigenvalue weighted by molar-refractivity contribution is 5.83. The molecule has 9 heteroatoms. The summed E-state index contributed by atoms with van der Waals surface area (Å²) in [7, 11) is 1.90. The third-order valence-corrected chi connectivity index (χ3v) is 6.23. The average molecular weight is 461 g/mol. The predicted octanol–water partition coefficient (Wildman–Crippen LogP) is 4.38. The van der Waals surface area contributed by atoms with E-state index < -0.39 is 5.82 Å². The molecule has 0 spiro atoms. The topological polar surface area (TPSA) is 84.7 Å². The van der Waals surface area contributed by atoms with Gasteiger partial charge in [-0.2, -0.15) is 5.10 Å². The molecule has 0 radical (unpaired) electrons. The number of nitrogens with one attached hydrogen (secondary N) is 1. The van der Waals surface area contributed by atoms with Gasteiger partial charge in [0.15, 0.2) is 11.5 Å². The Bertz CT molecular complexity index is 1370. The SMILES string of the molecule is CCN1CCc2nc(Nc3ncc(F)c(-c4cnc5nn(C)c(C(C)(C)C)c5c4)n3)ccc2C1. The molecule has 0 fully saturated rings. The van der Waals surface area contributed by atoms with Gasteiger partial charge in [-0.1, -0.05) is 33.8 Å². The molecule has 4 aromatic heterocycles. The van der Waals surface area contributed by atoms with Gasteiger partial charge in [-0.25, -0.2) is 24.3 Å². The Morgan fingerprint density at radius 2 is 1.94 bits per heavy atom. The zero-order valence-electron chi connectivity index (χ0n) is 20.2. The van der Waals surface area contributed by atoms with Crippen LogP contribution in [0.25, 0.3) is 22.3 Å². The molecule has 176 valence electrons. The number of aryl methyl sites for hydroxylation is 1. The van der Waals surface area contributed by atoms with Crippen molar-refractivity contribution in [3.8, 4) is 11.3 Å². The highest BCUT2D eigenvalue weighted by Gasteiger charge is 2.24. The van der Waals surface area contributed by atoms with E-state index in [9.17, 15) is 4.39 Å². The van der Waals surface area contributed by atoms with E-state index in [1.54, 1.807) is 6.20 Å². The zero-order valence-corrected chi connectivity index (χ0v) is 20.2. The summed E-state index contributed by atoms with van der Waals surface area (Å²) in [6.45, 7) is 11.5.